The van der Waals surface area contributed by atoms with Crippen LogP contribution in [0.2, 0.25) is 0 Å². The highest BCUT2D eigenvalue weighted by molar-refractivity contribution is 6.25. The minimum Gasteiger partial charge on any atom is -0.380 e. The van der Waals surface area contributed by atoms with Crippen LogP contribution in [-0.4, -0.2) is 68.2 Å². The maximum atomic E-state index is 13.2. The van der Waals surface area contributed by atoms with Crippen LogP contribution < -0.4 is 10.6 Å². The first-order valence-corrected chi connectivity index (χ1v) is 11.2. The quantitative estimate of drug-likeness (QED) is 0.622. The molecule has 1 aromatic heterocycles. The standard InChI is InChI=1S/C23H24N6O5/c1-13(30)27-8-7-15(12-27)28-11-14(10-25-28)9-24-17-4-2-3-16-20(17)23(34)29(22(16)33)18-5-6-19(31)26-21(18)32/h2-4,10-11,15,18,24H,5-9,12H2,1H3,(H,26,31,32). The van der Waals surface area contributed by atoms with Crippen molar-refractivity contribution < 1.29 is 24.0 Å². The van der Waals surface area contributed by atoms with Gasteiger partial charge < -0.3 is 10.2 Å². The molecule has 2 atom stereocenters. The summed E-state index contributed by atoms with van der Waals surface area (Å²) in [5, 5.41) is 9.84. The zero-order chi connectivity index (χ0) is 24.0. The molecule has 176 valence electrons. The van der Waals surface area contributed by atoms with Crippen molar-refractivity contribution in [1.29, 1.82) is 0 Å². The Morgan fingerprint density at radius 1 is 1.18 bits per heavy atom. The molecule has 34 heavy (non-hydrogen) atoms. The lowest BCUT2D eigenvalue weighted by molar-refractivity contribution is -0.136. The Morgan fingerprint density at radius 2 is 2.00 bits per heavy atom. The second kappa shape index (κ2) is 8.40. The normalized spacial score (nSPS) is 22.3. The molecule has 2 N–H and O–H groups in total. The summed E-state index contributed by atoms with van der Waals surface area (Å²) in [5.74, 6) is -2.08. The number of benzene rings is 1. The number of piperidine rings is 1. The summed E-state index contributed by atoms with van der Waals surface area (Å²) in [6.07, 6.45) is 4.67. The molecule has 11 nitrogen and oxygen atoms in total. The lowest BCUT2D eigenvalue weighted by atomic mass is 10.0. The van der Waals surface area contributed by atoms with E-state index >= 15 is 0 Å². The summed E-state index contributed by atoms with van der Waals surface area (Å²) in [7, 11) is 0. The number of nitrogens with one attached hydrogen (secondary N) is 2. The molecule has 5 rings (SSSR count). The summed E-state index contributed by atoms with van der Waals surface area (Å²) in [6, 6.07) is 4.07. The zero-order valence-corrected chi connectivity index (χ0v) is 18.6. The summed E-state index contributed by atoms with van der Waals surface area (Å²) >= 11 is 0. The fourth-order valence-corrected chi connectivity index (χ4v) is 4.77. The first-order chi connectivity index (χ1) is 16.3. The van der Waals surface area contributed by atoms with Crippen molar-refractivity contribution in [2.75, 3.05) is 18.4 Å². The predicted octanol–water partition coefficient (Wildman–Crippen LogP) is 0.690. The van der Waals surface area contributed by atoms with Gasteiger partial charge in [0.2, 0.25) is 17.7 Å². The number of carbonyl (C=O) groups excluding carboxylic acids is 5. The Morgan fingerprint density at radius 3 is 2.74 bits per heavy atom. The second-order valence-corrected chi connectivity index (χ2v) is 8.77. The van der Waals surface area contributed by atoms with Crippen LogP contribution >= 0.6 is 0 Å². The molecule has 0 radical (unpaired) electrons. The molecule has 2 saturated heterocycles. The number of hydrogen-bond acceptors (Lipinski definition) is 7. The number of fused-ring (bicyclic) bond motifs is 1. The van der Waals surface area contributed by atoms with Crippen molar-refractivity contribution in [3.8, 4) is 0 Å². The van der Waals surface area contributed by atoms with Crippen molar-refractivity contribution in [3.05, 3.63) is 47.3 Å². The van der Waals surface area contributed by atoms with Crippen molar-refractivity contribution in [3.63, 3.8) is 0 Å². The van der Waals surface area contributed by atoms with Gasteiger partial charge in [-0.05, 0) is 25.0 Å². The molecule has 0 saturated carbocycles. The van der Waals surface area contributed by atoms with E-state index in [9.17, 15) is 24.0 Å². The highest BCUT2D eigenvalue weighted by atomic mass is 16.2. The summed E-state index contributed by atoms with van der Waals surface area (Å²) in [4.78, 5) is 64.2. The first-order valence-electron chi connectivity index (χ1n) is 11.2. The van der Waals surface area contributed by atoms with E-state index in [4.69, 9.17) is 0 Å². The van der Waals surface area contributed by atoms with E-state index in [2.05, 4.69) is 15.7 Å². The van der Waals surface area contributed by atoms with Crippen LogP contribution in [0.15, 0.2) is 30.6 Å². The molecule has 0 aliphatic carbocycles. The number of carbonyl (C=O) groups is 5. The van der Waals surface area contributed by atoms with Gasteiger partial charge in [-0.2, -0.15) is 5.10 Å². The Balaban J connectivity index is 1.30. The molecule has 0 spiro atoms. The number of amides is 5. The van der Waals surface area contributed by atoms with Crippen molar-refractivity contribution in [2.24, 2.45) is 0 Å². The number of imide groups is 2. The van der Waals surface area contributed by atoms with E-state index in [-0.39, 0.29) is 35.9 Å². The van der Waals surface area contributed by atoms with Gasteiger partial charge >= 0.3 is 0 Å². The van der Waals surface area contributed by atoms with Crippen molar-refractivity contribution in [2.45, 2.75) is 44.8 Å². The molecule has 0 bridgehead atoms. The average Bonchev–Trinajstić information content (AvgIpc) is 3.53. The lowest BCUT2D eigenvalue weighted by Gasteiger charge is -2.27. The topological polar surface area (TPSA) is 134 Å². The first kappa shape index (κ1) is 21.8. The van der Waals surface area contributed by atoms with Crippen LogP contribution in [0.5, 0.6) is 0 Å². The van der Waals surface area contributed by atoms with Gasteiger partial charge in [0.25, 0.3) is 11.8 Å². The van der Waals surface area contributed by atoms with Gasteiger partial charge in [0.15, 0.2) is 0 Å². The van der Waals surface area contributed by atoms with Gasteiger partial charge in [-0.25, -0.2) is 0 Å². The molecule has 5 amide bonds. The van der Waals surface area contributed by atoms with E-state index in [1.54, 1.807) is 36.2 Å². The molecule has 4 heterocycles. The molecular formula is C23H24N6O5. The van der Waals surface area contributed by atoms with Gasteiger partial charge in [-0.3, -0.25) is 38.9 Å². The highest BCUT2D eigenvalue weighted by Crippen LogP contribution is 2.32. The average molecular weight is 464 g/mol. The van der Waals surface area contributed by atoms with Gasteiger partial charge in [0, 0.05) is 50.4 Å². The van der Waals surface area contributed by atoms with Gasteiger partial charge in [0.1, 0.15) is 6.04 Å². The fraction of sp³-hybridized carbons (Fsp3) is 0.391. The van der Waals surface area contributed by atoms with Crippen molar-refractivity contribution in [1.82, 2.24) is 24.9 Å². The van der Waals surface area contributed by atoms with Gasteiger partial charge in [0.05, 0.1) is 23.4 Å². The fourth-order valence-electron chi connectivity index (χ4n) is 4.77. The Labute approximate surface area is 195 Å². The van der Waals surface area contributed by atoms with Crippen LogP contribution in [-0.2, 0) is 20.9 Å². The van der Waals surface area contributed by atoms with Crippen LogP contribution in [0.4, 0.5) is 5.69 Å². The molecule has 2 fully saturated rings. The third-order valence-electron chi connectivity index (χ3n) is 6.59. The van der Waals surface area contributed by atoms with E-state index < -0.39 is 29.7 Å². The second-order valence-electron chi connectivity index (χ2n) is 8.77. The number of nitrogens with zero attached hydrogens (tertiary/aromatic N) is 4. The molecule has 11 heteroatoms. The van der Waals surface area contributed by atoms with Gasteiger partial charge in [-0.15, -0.1) is 0 Å². The number of aromatic nitrogens is 2. The van der Waals surface area contributed by atoms with Crippen LogP contribution in [0.1, 0.15) is 58.5 Å². The number of rotatable bonds is 5. The smallest absolute Gasteiger partial charge is 0.264 e. The van der Waals surface area contributed by atoms with Crippen LogP contribution in [0, 0.1) is 0 Å². The Hall–Kier alpha value is -4.02. The summed E-state index contributed by atoms with van der Waals surface area (Å²) < 4.78 is 1.86. The Kier molecular flexibility index (Phi) is 5.39. The zero-order valence-electron chi connectivity index (χ0n) is 18.6. The van der Waals surface area contributed by atoms with Gasteiger partial charge in [-0.1, -0.05) is 6.07 Å². The number of anilines is 1. The SMILES string of the molecule is CC(=O)N1CCC(n2cc(CNc3cccc4c3C(=O)N(C3CCC(=O)NC3=O)C4=O)cn2)C1. The molecule has 3 aliphatic rings. The Bertz CT molecular complexity index is 1220. The van der Waals surface area contributed by atoms with E-state index in [0.717, 1.165) is 16.9 Å². The monoisotopic (exact) mass is 464 g/mol. The third kappa shape index (κ3) is 3.72. The lowest BCUT2D eigenvalue weighted by Crippen LogP contribution is -2.54. The molecule has 3 aliphatic heterocycles. The minimum atomic E-state index is -1.00. The summed E-state index contributed by atoms with van der Waals surface area (Å²) in [6.45, 7) is 3.28. The molecular weight excluding hydrogens is 440 g/mol. The molecule has 2 aromatic rings. The highest BCUT2D eigenvalue weighted by Gasteiger charge is 2.45. The number of hydrogen-bond donors (Lipinski definition) is 2. The third-order valence-corrected chi connectivity index (χ3v) is 6.59. The maximum Gasteiger partial charge on any atom is 0.264 e. The molecule has 1 aromatic carbocycles. The van der Waals surface area contributed by atoms with E-state index in [1.165, 1.54) is 0 Å². The summed E-state index contributed by atoms with van der Waals surface area (Å²) in [5.41, 5.74) is 1.82. The van der Waals surface area contributed by atoms with E-state index in [0.29, 0.717) is 25.3 Å². The minimum absolute atomic E-state index is 0.0556. The largest absolute Gasteiger partial charge is 0.380 e. The predicted molar refractivity (Wildman–Crippen MR) is 119 cm³/mol. The molecule has 2 unspecified atom stereocenters. The number of likely N-dealkylation sites (tertiary alicyclic amines) is 1. The maximum absolute atomic E-state index is 13.2. The van der Waals surface area contributed by atoms with E-state index in [1.807, 2.05) is 10.9 Å². The van der Waals surface area contributed by atoms with Crippen molar-refractivity contribution >= 4 is 35.2 Å². The van der Waals surface area contributed by atoms with Crippen LogP contribution in [0.25, 0.3) is 0 Å². The van der Waals surface area contributed by atoms with Crippen LogP contribution in [0.3, 0.4) is 0 Å².